The first-order chi connectivity index (χ1) is 21.0. The summed E-state index contributed by atoms with van der Waals surface area (Å²) in [6.07, 6.45) is 17.8. The highest BCUT2D eigenvalue weighted by molar-refractivity contribution is 6.20. The molecule has 0 spiro atoms. The number of benzene rings is 3. The van der Waals surface area contributed by atoms with E-state index in [0.29, 0.717) is 24.2 Å². The summed E-state index contributed by atoms with van der Waals surface area (Å²) in [4.78, 5) is 24.8. The highest BCUT2D eigenvalue weighted by atomic mass is 35.5. The fraction of sp³-hybridized carbons (Fsp3) is 0.474. The largest absolute Gasteiger partial charge is 0.461 e. The Bertz CT molecular complexity index is 1170. The van der Waals surface area contributed by atoms with Crippen LogP contribution in [0.5, 0.6) is 5.75 Å². The van der Waals surface area contributed by atoms with Crippen LogP contribution in [0, 0.1) is 0 Å². The molecule has 0 bridgehead atoms. The Kier molecular flexibility index (Phi) is 16.6. The van der Waals surface area contributed by atoms with Gasteiger partial charge in [0.05, 0.1) is 10.9 Å². The van der Waals surface area contributed by atoms with Crippen molar-refractivity contribution in [2.45, 2.75) is 109 Å². The topological polar surface area (TPSA) is 52.6 Å². The van der Waals surface area contributed by atoms with Gasteiger partial charge in [0.15, 0.2) is 0 Å². The zero-order valence-electron chi connectivity index (χ0n) is 25.9. The summed E-state index contributed by atoms with van der Waals surface area (Å²) in [5.74, 6) is -0.0209. The van der Waals surface area contributed by atoms with Crippen molar-refractivity contribution < 1.29 is 19.1 Å². The Labute approximate surface area is 264 Å². The maximum atomic E-state index is 12.5. The molecule has 0 aliphatic heterocycles. The minimum Gasteiger partial charge on any atom is -0.461 e. The van der Waals surface area contributed by atoms with E-state index in [1.54, 1.807) is 12.1 Å². The zero-order valence-corrected chi connectivity index (χ0v) is 26.7. The van der Waals surface area contributed by atoms with Crippen LogP contribution in [0.4, 0.5) is 0 Å². The highest BCUT2D eigenvalue weighted by Gasteiger charge is 2.13. The minimum atomic E-state index is -0.393. The maximum Gasteiger partial charge on any atom is 0.338 e. The van der Waals surface area contributed by atoms with Gasteiger partial charge in [0, 0.05) is 6.42 Å². The Morgan fingerprint density at radius 2 is 1.16 bits per heavy atom. The first-order valence-corrected chi connectivity index (χ1v) is 16.7. The molecule has 0 heterocycles. The van der Waals surface area contributed by atoms with Crippen LogP contribution in [0.1, 0.15) is 113 Å². The number of alkyl halides is 1. The molecule has 43 heavy (non-hydrogen) atoms. The van der Waals surface area contributed by atoms with Crippen LogP contribution in [0.3, 0.4) is 0 Å². The number of hydrogen-bond donors (Lipinski definition) is 0. The van der Waals surface area contributed by atoms with Crippen molar-refractivity contribution in [3.8, 4) is 16.9 Å². The smallest absolute Gasteiger partial charge is 0.338 e. The van der Waals surface area contributed by atoms with Crippen molar-refractivity contribution in [2.24, 2.45) is 0 Å². The molecule has 232 valence electrons. The van der Waals surface area contributed by atoms with Crippen molar-refractivity contribution in [3.05, 3.63) is 90.0 Å². The summed E-state index contributed by atoms with van der Waals surface area (Å²) in [6, 6.07) is 24.6. The van der Waals surface area contributed by atoms with Crippen molar-refractivity contribution in [2.75, 3.05) is 6.61 Å². The molecule has 0 saturated heterocycles. The summed E-state index contributed by atoms with van der Waals surface area (Å²) in [7, 11) is 0. The molecule has 0 N–H and O–H groups in total. The molecule has 5 heteroatoms. The van der Waals surface area contributed by atoms with Gasteiger partial charge in [-0.2, -0.15) is 0 Å². The average Bonchev–Trinajstić information content (AvgIpc) is 3.03. The molecule has 4 nitrogen and oxygen atoms in total. The van der Waals surface area contributed by atoms with Crippen molar-refractivity contribution in [1.29, 1.82) is 0 Å². The number of rotatable bonds is 21. The number of carbonyl (C=O) groups excluding carboxylic acids is 2. The summed E-state index contributed by atoms with van der Waals surface area (Å²) in [5, 5.41) is -0.285. The molecule has 0 aliphatic carbocycles. The van der Waals surface area contributed by atoms with Gasteiger partial charge in [0.25, 0.3) is 0 Å². The van der Waals surface area contributed by atoms with Crippen LogP contribution in [-0.2, 0) is 16.0 Å². The second-order valence-corrected chi connectivity index (χ2v) is 12.1. The molecule has 1 unspecified atom stereocenters. The highest BCUT2D eigenvalue weighted by Crippen LogP contribution is 2.24. The monoisotopic (exact) mass is 604 g/mol. The lowest BCUT2D eigenvalue weighted by atomic mass is 10.0. The molecule has 0 radical (unpaired) electrons. The van der Waals surface area contributed by atoms with Gasteiger partial charge < -0.3 is 9.47 Å². The summed E-state index contributed by atoms with van der Waals surface area (Å²) in [5.41, 5.74) is 3.52. The predicted octanol–water partition coefficient (Wildman–Crippen LogP) is 10.7. The first kappa shape index (κ1) is 34.4. The van der Waals surface area contributed by atoms with Crippen LogP contribution in [0.15, 0.2) is 78.9 Å². The summed E-state index contributed by atoms with van der Waals surface area (Å²) >= 11 is 6.36. The third-order valence-corrected chi connectivity index (χ3v) is 8.00. The van der Waals surface area contributed by atoms with E-state index in [4.69, 9.17) is 21.1 Å². The van der Waals surface area contributed by atoms with Gasteiger partial charge in [-0.25, -0.2) is 4.79 Å². The molecule has 0 aliphatic rings. The molecule has 0 fully saturated rings. The molecule has 1 atom stereocenters. The molecule has 0 amide bonds. The van der Waals surface area contributed by atoms with Gasteiger partial charge in [-0.1, -0.05) is 139 Å². The molecule has 3 aromatic rings. The lowest BCUT2D eigenvalue weighted by molar-refractivity contribution is -0.134. The quantitative estimate of drug-likeness (QED) is 0.0525. The second kappa shape index (κ2) is 20.7. The Balaban J connectivity index is 1.28. The van der Waals surface area contributed by atoms with Crippen molar-refractivity contribution >= 4 is 23.5 Å². The number of hydrogen-bond acceptors (Lipinski definition) is 4. The Morgan fingerprint density at radius 3 is 1.72 bits per heavy atom. The van der Waals surface area contributed by atoms with Gasteiger partial charge in [0.1, 0.15) is 12.4 Å². The lowest BCUT2D eigenvalue weighted by Crippen LogP contribution is -2.16. The molecule has 3 aromatic carbocycles. The predicted molar refractivity (Wildman–Crippen MR) is 178 cm³/mol. The van der Waals surface area contributed by atoms with Crippen molar-refractivity contribution in [3.63, 3.8) is 0 Å². The fourth-order valence-corrected chi connectivity index (χ4v) is 5.40. The number of halogens is 1. The van der Waals surface area contributed by atoms with Gasteiger partial charge in [-0.15, -0.1) is 11.6 Å². The fourth-order valence-electron chi connectivity index (χ4n) is 5.16. The van der Waals surface area contributed by atoms with E-state index in [1.807, 2.05) is 66.7 Å². The summed E-state index contributed by atoms with van der Waals surface area (Å²) < 4.78 is 11.0. The Morgan fingerprint density at radius 1 is 0.651 bits per heavy atom. The Hall–Kier alpha value is -3.11. The van der Waals surface area contributed by atoms with Crippen LogP contribution in [-0.4, -0.2) is 23.9 Å². The molecule has 0 aromatic heterocycles. The van der Waals surface area contributed by atoms with Crippen LogP contribution >= 0.6 is 11.6 Å². The van der Waals surface area contributed by atoms with E-state index in [9.17, 15) is 9.59 Å². The van der Waals surface area contributed by atoms with E-state index in [-0.39, 0.29) is 18.0 Å². The molecular weight excluding hydrogens is 556 g/mol. The van der Waals surface area contributed by atoms with E-state index in [0.717, 1.165) is 29.5 Å². The number of carbonyl (C=O) groups is 2. The third-order valence-electron chi connectivity index (χ3n) is 7.72. The maximum absolute atomic E-state index is 12.5. The van der Waals surface area contributed by atoms with Crippen LogP contribution in [0.25, 0.3) is 11.1 Å². The van der Waals surface area contributed by atoms with E-state index in [1.165, 1.54) is 70.6 Å². The number of unbranched alkanes of at least 4 members (excludes halogenated alkanes) is 12. The standard InChI is InChI=1S/C38H49ClO4/c1-2-3-4-5-6-7-8-9-10-11-12-13-17-20-37(40)43-36-27-25-33(26-28-36)32-21-23-34(24-22-32)38(41)42-30-35(39)29-31-18-15-14-16-19-31/h14-16,18-19,21-28,35H,2-13,17,20,29-30H2,1H3. The number of ether oxygens (including phenoxy) is 2. The summed E-state index contributed by atoms with van der Waals surface area (Å²) in [6.45, 7) is 2.41. The van der Waals surface area contributed by atoms with Crippen LogP contribution in [0.2, 0.25) is 0 Å². The molecule has 0 saturated carbocycles. The molecule has 3 rings (SSSR count). The van der Waals surface area contributed by atoms with Gasteiger partial charge >= 0.3 is 11.9 Å². The van der Waals surface area contributed by atoms with Gasteiger partial charge in [-0.3, -0.25) is 4.79 Å². The van der Waals surface area contributed by atoms with Crippen LogP contribution < -0.4 is 4.74 Å². The second-order valence-electron chi connectivity index (χ2n) is 11.5. The minimum absolute atomic E-state index is 0.149. The van der Waals surface area contributed by atoms with Gasteiger partial charge in [-0.05, 0) is 53.8 Å². The zero-order chi connectivity index (χ0) is 30.5. The van der Waals surface area contributed by atoms with Gasteiger partial charge in [0.2, 0.25) is 0 Å². The van der Waals surface area contributed by atoms with Crippen molar-refractivity contribution in [1.82, 2.24) is 0 Å². The number of esters is 2. The molecular formula is C38H49ClO4. The lowest BCUT2D eigenvalue weighted by Gasteiger charge is -2.11. The van der Waals surface area contributed by atoms with E-state index >= 15 is 0 Å². The SMILES string of the molecule is CCCCCCCCCCCCCCCC(=O)Oc1ccc(-c2ccc(C(=O)OCC(Cl)Cc3ccccc3)cc2)cc1. The average molecular weight is 605 g/mol. The van der Waals surface area contributed by atoms with E-state index < -0.39 is 5.97 Å². The first-order valence-electron chi connectivity index (χ1n) is 16.3. The third kappa shape index (κ3) is 14.3. The van der Waals surface area contributed by atoms with E-state index in [2.05, 4.69) is 6.92 Å². The normalized spacial score (nSPS) is 11.7.